The number of aromatic nitrogens is 1. The van der Waals surface area contributed by atoms with Gasteiger partial charge >= 0.3 is 5.76 Å². The highest BCUT2D eigenvalue weighted by molar-refractivity contribution is 5.79. The van der Waals surface area contributed by atoms with E-state index in [9.17, 15) is 9.59 Å². The van der Waals surface area contributed by atoms with Gasteiger partial charge in [0.1, 0.15) is 6.54 Å². The average Bonchev–Trinajstić information content (AvgIpc) is 3.24. The van der Waals surface area contributed by atoms with E-state index in [1.54, 1.807) is 6.07 Å². The van der Waals surface area contributed by atoms with Gasteiger partial charge in [0, 0.05) is 19.1 Å². The molecule has 2 saturated heterocycles. The molecule has 1 aromatic heterocycles. The second kappa shape index (κ2) is 6.43. The lowest BCUT2D eigenvalue weighted by Crippen LogP contribution is -2.47. The van der Waals surface area contributed by atoms with E-state index in [4.69, 9.17) is 4.42 Å². The third kappa shape index (κ3) is 2.86. The van der Waals surface area contributed by atoms with Crippen LogP contribution >= 0.6 is 0 Å². The Labute approximate surface area is 140 Å². The second-order valence-corrected chi connectivity index (χ2v) is 6.78. The third-order valence-electron chi connectivity index (χ3n) is 5.34. The number of oxazole rings is 1. The molecule has 1 aromatic carbocycles. The molecule has 1 amide bonds. The molecule has 0 unspecified atom stereocenters. The van der Waals surface area contributed by atoms with Gasteiger partial charge in [-0.2, -0.15) is 0 Å². The van der Waals surface area contributed by atoms with Gasteiger partial charge in [-0.3, -0.25) is 9.36 Å². The predicted octanol–water partition coefficient (Wildman–Crippen LogP) is 1.68. The molecule has 2 aromatic rings. The monoisotopic (exact) mass is 329 g/mol. The molecule has 2 aliphatic rings. The van der Waals surface area contributed by atoms with Crippen molar-refractivity contribution in [3.8, 4) is 0 Å². The number of nitrogens with zero attached hydrogens (tertiary/aromatic N) is 3. The topological polar surface area (TPSA) is 58.7 Å². The van der Waals surface area contributed by atoms with E-state index in [-0.39, 0.29) is 12.5 Å². The molecule has 128 valence electrons. The Kier molecular flexibility index (Phi) is 4.14. The zero-order chi connectivity index (χ0) is 16.5. The van der Waals surface area contributed by atoms with E-state index < -0.39 is 5.76 Å². The first kappa shape index (κ1) is 15.4. The molecule has 0 aliphatic carbocycles. The number of likely N-dealkylation sites (tertiary alicyclic amines) is 2. The van der Waals surface area contributed by atoms with Crippen molar-refractivity contribution in [2.75, 3.05) is 26.2 Å². The lowest BCUT2D eigenvalue weighted by Gasteiger charge is -2.36. The maximum absolute atomic E-state index is 12.6. The summed E-state index contributed by atoms with van der Waals surface area (Å²) in [7, 11) is 0. The van der Waals surface area contributed by atoms with Crippen LogP contribution in [0.5, 0.6) is 0 Å². The van der Waals surface area contributed by atoms with Gasteiger partial charge in [0.2, 0.25) is 5.91 Å². The minimum absolute atomic E-state index is 0.00326. The van der Waals surface area contributed by atoms with Gasteiger partial charge in [0.25, 0.3) is 0 Å². The molecule has 2 fully saturated rings. The van der Waals surface area contributed by atoms with Crippen LogP contribution in [0.4, 0.5) is 0 Å². The zero-order valence-corrected chi connectivity index (χ0v) is 13.8. The molecule has 0 N–H and O–H groups in total. The Morgan fingerprint density at radius 3 is 2.54 bits per heavy atom. The number of benzene rings is 1. The summed E-state index contributed by atoms with van der Waals surface area (Å²) in [6, 6.07) is 7.85. The summed E-state index contributed by atoms with van der Waals surface area (Å²) in [6.45, 7) is 4.03. The molecule has 6 heteroatoms. The van der Waals surface area contributed by atoms with Crippen LogP contribution in [0.1, 0.15) is 25.7 Å². The largest absolute Gasteiger partial charge is 0.420 e. The van der Waals surface area contributed by atoms with Crippen LogP contribution < -0.4 is 5.76 Å². The van der Waals surface area contributed by atoms with Gasteiger partial charge in [-0.25, -0.2) is 4.79 Å². The second-order valence-electron chi connectivity index (χ2n) is 6.78. The van der Waals surface area contributed by atoms with Crippen LogP contribution in [0.3, 0.4) is 0 Å². The van der Waals surface area contributed by atoms with Crippen LogP contribution in [0.2, 0.25) is 0 Å². The predicted molar refractivity (Wildman–Crippen MR) is 90.9 cm³/mol. The maximum Gasteiger partial charge on any atom is 0.420 e. The SMILES string of the molecule is O=C(Cn1c(=O)oc2ccccc21)N1CCC(N2CCCC2)CC1. The lowest BCUT2D eigenvalue weighted by atomic mass is 10.0. The molecule has 4 rings (SSSR count). The number of rotatable bonds is 3. The van der Waals surface area contributed by atoms with Gasteiger partial charge in [0.15, 0.2) is 5.58 Å². The molecule has 6 nitrogen and oxygen atoms in total. The van der Waals surface area contributed by atoms with Crippen molar-refractivity contribution in [2.24, 2.45) is 0 Å². The first-order valence-electron chi connectivity index (χ1n) is 8.82. The Balaban J connectivity index is 1.41. The first-order valence-corrected chi connectivity index (χ1v) is 8.82. The van der Waals surface area contributed by atoms with Crippen molar-refractivity contribution in [2.45, 2.75) is 38.3 Å². The Morgan fingerprint density at radius 1 is 1.08 bits per heavy atom. The molecule has 0 radical (unpaired) electrons. The minimum atomic E-state index is -0.462. The molecular formula is C18H23N3O3. The number of amides is 1. The maximum atomic E-state index is 12.6. The number of hydrogen-bond donors (Lipinski definition) is 0. The fourth-order valence-corrected chi connectivity index (χ4v) is 3.99. The van der Waals surface area contributed by atoms with Gasteiger partial charge in [-0.05, 0) is 50.9 Å². The van der Waals surface area contributed by atoms with E-state index in [1.165, 1.54) is 30.5 Å². The van der Waals surface area contributed by atoms with E-state index in [1.807, 2.05) is 23.1 Å². The standard InChI is InChI=1S/C18H23N3O3/c22-17(13-21-15-5-1-2-6-16(15)24-18(21)23)20-11-7-14(8-12-20)19-9-3-4-10-19/h1-2,5-6,14H,3-4,7-13H2. The van der Waals surface area contributed by atoms with Gasteiger partial charge in [-0.1, -0.05) is 12.1 Å². The quantitative estimate of drug-likeness (QED) is 0.860. The van der Waals surface area contributed by atoms with Gasteiger partial charge in [-0.15, -0.1) is 0 Å². The minimum Gasteiger partial charge on any atom is -0.408 e. The van der Waals surface area contributed by atoms with Crippen molar-refractivity contribution in [1.29, 1.82) is 0 Å². The molecule has 3 heterocycles. The van der Waals surface area contributed by atoms with Crippen molar-refractivity contribution in [3.63, 3.8) is 0 Å². The summed E-state index contributed by atoms with van der Waals surface area (Å²) in [5.41, 5.74) is 1.21. The van der Waals surface area contributed by atoms with Crippen molar-refractivity contribution < 1.29 is 9.21 Å². The van der Waals surface area contributed by atoms with Crippen LogP contribution in [0.15, 0.2) is 33.5 Å². The van der Waals surface area contributed by atoms with E-state index in [0.29, 0.717) is 17.1 Å². The summed E-state index contributed by atoms with van der Waals surface area (Å²) < 4.78 is 6.64. The molecule has 0 atom stereocenters. The number of carbonyl (C=O) groups is 1. The normalized spacial score (nSPS) is 20.1. The van der Waals surface area contributed by atoms with Crippen molar-refractivity contribution in [3.05, 3.63) is 34.8 Å². The smallest absolute Gasteiger partial charge is 0.408 e. The van der Waals surface area contributed by atoms with Crippen LogP contribution in [-0.4, -0.2) is 52.5 Å². The average molecular weight is 329 g/mol. The summed E-state index contributed by atoms with van der Waals surface area (Å²) in [4.78, 5) is 29.1. The Morgan fingerprint density at radius 2 is 1.79 bits per heavy atom. The molecule has 24 heavy (non-hydrogen) atoms. The van der Waals surface area contributed by atoms with Crippen molar-refractivity contribution in [1.82, 2.24) is 14.4 Å². The molecule has 2 aliphatic heterocycles. The summed E-state index contributed by atoms with van der Waals surface area (Å²) in [5.74, 6) is -0.458. The molecule has 0 bridgehead atoms. The van der Waals surface area contributed by atoms with E-state index in [2.05, 4.69) is 4.90 Å². The van der Waals surface area contributed by atoms with Gasteiger partial charge < -0.3 is 14.2 Å². The van der Waals surface area contributed by atoms with Crippen LogP contribution in [0.25, 0.3) is 11.1 Å². The lowest BCUT2D eigenvalue weighted by molar-refractivity contribution is -0.133. The number of piperidine rings is 1. The molecular weight excluding hydrogens is 306 g/mol. The van der Waals surface area contributed by atoms with Crippen LogP contribution in [-0.2, 0) is 11.3 Å². The van der Waals surface area contributed by atoms with E-state index >= 15 is 0 Å². The summed E-state index contributed by atoms with van der Waals surface area (Å²) >= 11 is 0. The van der Waals surface area contributed by atoms with Crippen molar-refractivity contribution >= 4 is 17.0 Å². The van der Waals surface area contributed by atoms with Crippen LogP contribution in [0, 0.1) is 0 Å². The first-order chi connectivity index (χ1) is 11.7. The number of hydrogen-bond acceptors (Lipinski definition) is 4. The highest BCUT2D eigenvalue weighted by Gasteiger charge is 2.28. The fourth-order valence-electron chi connectivity index (χ4n) is 3.99. The highest BCUT2D eigenvalue weighted by atomic mass is 16.4. The number of carbonyl (C=O) groups excluding carboxylic acids is 1. The zero-order valence-electron chi connectivity index (χ0n) is 13.8. The summed E-state index contributed by atoms with van der Waals surface area (Å²) in [5, 5.41) is 0. The third-order valence-corrected chi connectivity index (χ3v) is 5.34. The number of para-hydroxylation sites is 2. The Hall–Kier alpha value is -2.08. The molecule has 0 spiro atoms. The Bertz CT molecular complexity index is 780. The van der Waals surface area contributed by atoms with E-state index in [0.717, 1.165) is 25.9 Å². The highest BCUT2D eigenvalue weighted by Crippen LogP contribution is 2.21. The summed E-state index contributed by atoms with van der Waals surface area (Å²) in [6.07, 6.45) is 4.67. The van der Waals surface area contributed by atoms with Gasteiger partial charge in [0.05, 0.1) is 5.52 Å². The fraction of sp³-hybridized carbons (Fsp3) is 0.556. The number of fused-ring (bicyclic) bond motifs is 1. The molecule has 0 saturated carbocycles.